The zero-order valence-electron chi connectivity index (χ0n) is 16.3. The lowest BCUT2D eigenvalue weighted by Crippen LogP contribution is -1.96. The number of fused-ring (bicyclic) bond motifs is 9. The van der Waals surface area contributed by atoms with Crippen LogP contribution in [-0.2, 0) is 0 Å². The Bertz CT molecular complexity index is 1770. The molecule has 0 atom stereocenters. The van der Waals surface area contributed by atoms with Crippen LogP contribution in [0.2, 0.25) is 0 Å². The molecule has 0 saturated carbocycles. The Morgan fingerprint density at radius 2 is 1.35 bits per heavy atom. The van der Waals surface area contributed by atoms with E-state index in [1.807, 2.05) is 41.9 Å². The maximum atomic E-state index is 5.00. The molecule has 0 N–H and O–H groups in total. The van der Waals surface area contributed by atoms with Gasteiger partial charge in [0, 0.05) is 54.3 Å². The van der Waals surface area contributed by atoms with Gasteiger partial charge in [-0.1, -0.05) is 42.5 Å². The molecular formula is C26H14N4S. The second kappa shape index (κ2) is 6.27. The number of thiophene rings is 1. The topological polar surface area (TPSA) is 51.6 Å². The third kappa shape index (κ3) is 2.41. The van der Waals surface area contributed by atoms with E-state index in [1.165, 1.54) is 20.2 Å². The van der Waals surface area contributed by atoms with Gasteiger partial charge in [-0.25, -0.2) is 4.98 Å². The van der Waals surface area contributed by atoms with Gasteiger partial charge in [-0.15, -0.1) is 21.5 Å². The van der Waals surface area contributed by atoms with Crippen LogP contribution in [0, 0.1) is 0 Å². The zero-order chi connectivity index (χ0) is 20.4. The van der Waals surface area contributed by atoms with Crippen molar-refractivity contribution in [3.8, 4) is 11.4 Å². The molecule has 0 fully saturated rings. The van der Waals surface area contributed by atoms with Gasteiger partial charge in [0.05, 0.1) is 0 Å². The van der Waals surface area contributed by atoms with E-state index in [1.54, 1.807) is 0 Å². The van der Waals surface area contributed by atoms with E-state index in [2.05, 4.69) is 69.8 Å². The van der Waals surface area contributed by atoms with Gasteiger partial charge in [-0.2, -0.15) is 0 Å². The monoisotopic (exact) mass is 414 g/mol. The SMILES string of the molecule is c1ccc2c(c1)sc1ccc(-c3nnc4c5ccccc5c5cnccc5c4n3)cc12. The Labute approximate surface area is 180 Å². The van der Waals surface area contributed by atoms with Crippen LogP contribution in [-0.4, -0.2) is 20.2 Å². The van der Waals surface area contributed by atoms with Crippen molar-refractivity contribution in [3.63, 3.8) is 0 Å². The molecule has 7 rings (SSSR count). The first kappa shape index (κ1) is 16.8. The van der Waals surface area contributed by atoms with Crippen LogP contribution in [0.5, 0.6) is 0 Å². The molecule has 7 aromatic rings. The summed E-state index contributed by atoms with van der Waals surface area (Å²) in [7, 11) is 0. The first-order valence-corrected chi connectivity index (χ1v) is 10.9. The summed E-state index contributed by atoms with van der Waals surface area (Å²) >= 11 is 1.81. The summed E-state index contributed by atoms with van der Waals surface area (Å²) in [6.07, 6.45) is 3.71. The Hall–Kier alpha value is -3.96. The van der Waals surface area contributed by atoms with Gasteiger partial charge in [0.1, 0.15) is 11.0 Å². The molecule has 0 radical (unpaired) electrons. The summed E-state index contributed by atoms with van der Waals surface area (Å²) in [4.78, 5) is 9.34. The minimum absolute atomic E-state index is 0.637. The number of nitrogens with zero attached hydrogens (tertiary/aromatic N) is 4. The Kier molecular flexibility index (Phi) is 3.40. The van der Waals surface area contributed by atoms with Gasteiger partial charge in [0.25, 0.3) is 0 Å². The van der Waals surface area contributed by atoms with Crippen molar-refractivity contribution in [1.82, 2.24) is 20.2 Å². The van der Waals surface area contributed by atoms with E-state index in [0.29, 0.717) is 5.82 Å². The van der Waals surface area contributed by atoms with E-state index in [0.717, 1.165) is 38.1 Å². The van der Waals surface area contributed by atoms with Gasteiger partial charge >= 0.3 is 0 Å². The summed E-state index contributed by atoms with van der Waals surface area (Å²) in [6.45, 7) is 0. The second-order valence-corrected chi connectivity index (χ2v) is 8.69. The van der Waals surface area contributed by atoms with Crippen LogP contribution in [0.4, 0.5) is 0 Å². The molecule has 0 aliphatic carbocycles. The summed E-state index contributed by atoms with van der Waals surface area (Å²) < 4.78 is 2.55. The van der Waals surface area contributed by atoms with E-state index in [-0.39, 0.29) is 0 Å². The summed E-state index contributed by atoms with van der Waals surface area (Å²) in [5.41, 5.74) is 2.65. The number of hydrogen-bond acceptors (Lipinski definition) is 5. The van der Waals surface area contributed by atoms with Gasteiger partial charge in [-0.05, 0) is 35.7 Å². The fraction of sp³-hybridized carbons (Fsp3) is 0. The van der Waals surface area contributed by atoms with Crippen LogP contribution in [0.3, 0.4) is 0 Å². The predicted octanol–water partition coefficient (Wildman–Crippen LogP) is 6.76. The quantitative estimate of drug-likeness (QED) is 0.278. The van der Waals surface area contributed by atoms with E-state index < -0.39 is 0 Å². The largest absolute Gasteiger partial charge is 0.264 e. The lowest BCUT2D eigenvalue weighted by atomic mass is 10.0. The van der Waals surface area contributed by atoms with Gasteiger partial charge in [-0.3, -0.25) is 4.98 Å². The normalized spacial score (nSPS) is 11.9. The zero-order valence-corrected chi connectivity index (χ0v) is 17.1. The second-order valence-electron chi connectivity index (χ2n) is 7.61. The number of benzene rings is 4. The molecule has 3 heterocycles. The number of rotatable bonds is 1. The highest BCUT2D eigenvalue weighted by molar-refractivity contribution is 7.25. The van der Waals surface area contributed by atoms with E-state index >= 15 is 0 Å². The molecule has 5 heteroatoms. The molecule has 3 aromatic heterocycles. The number of pyridine rings is 1. The molecule has 0 aliphatic heterocycles. The summed E-state index contributed by atoms with van der Waals surface area (Å²) in [5, 5.41) is 16.0. The standard InChI is InChI=1S/C26H14N4S/c1-2-7-18-16(5-1)21-14-27-12-11-19(21)24-25(18)29-30-26(28-24)15-9-10-23-20(13-15)17-6-3-4-8-22(17)31-23/h1-14H. The third-order valence-electron chi connectivity index (χ3n) is 5.87. The minimum Gasteiger partial charge on any atom is -0.264 e. The first-order chi connectivity index (χ1) is 15.4. The van der Waals surface area contributed by atoms with Crippen molar-refractivity contribution in [3.05, 3.63) is 85.2 Å². The average Bonchev–Trinajstić information content (AvgIpc) is 3.22. The third-order valence-corrected chi connectivity index (χ3v) is 7.02. The number of hydrogen-bond donors (Lipinski definition) is 0. The molecule has 0 bridgehead atoms. The molecule has 0 saturated heterocycles. The van der Waals surface area contributed by atoms with Crippen LogP contribution in [0.25, 0.3) is 64.1 Å². The van der Waals surface area contributed by atoms with E-state index in [9.17, 15) is 0 Å². The smallest absolute Gasteiger partial charge is 0.182 e. The van der Waals surface area contributed by atoms with Crippen LogP contribution >= 0.6 is 11.3 Å². The molecule has 0 amide bonds. The Morgan fingerprint density at radius 3 is 2.29 bits per heavy atom. The average molecular weight is 414 g/mol. The van der Waals surface area contributed by atoms with Crippen LogP contribution in [0.1, 0.15) is 0 Å². The highest BCUT2D eigenvalue weighted by Crippen LogP contribution is 2.37. The van der Waals surface area contributed by atoms with Gasteiger partial charge < -0.3 is 0 Å². The Morgan fingerprint density at radius 1 is 0.581 bits per heavy atom. The summed E-state index contributed by atoms with van der Waals surface area (Å²) in [6, 6.07) is 25.2. The molecule has 4 nitrogen and oxygen atoms in total. The van der Waals surface area contributed by atoms with Crippen molar-refractivity contribution < 1.29 is 0 Å². The predicted molar refractivity (Wildman–Crippen MR) is 128 cm³/mol. The van der Waals surface area contributed by atoms with Crippen molar-refractivity contribution in [1.29, 1.82) is 0 Å². The molecule has 0 aliphatic rings. The van der Waals surface area contributed by atoms with Crippen LogP contribution < -0.4 is 0 Å². The lowest BCUT2D eigenvalue weighted by molar-refractivity contribution is 1.04. The number of aromatic nitrogens is 4. The molecular weight excluding hydrogens is 400 g/mol. The van der Waals surface area contributed by atoms with Crippen molar-refractivity contribution in [2.75, 3.05) is 0 Å². The van der Waals surface area contributed by atoms with Crippen LogP contribution in [0.15, 0.2) is 85.2 Å². The molecule has 0 spiro atoms. The highest BCUT2D eigenvalue weighted by Gasteiger charge is 2.14. The molecule has 0 unspecified atom stereocenters. The van der Waals surface area contributed by atoms with Crippen molar-refractivity contribution in [2.24, 2.45) is 0 Å². The minimum atomic E-state index is 0.637. The summed E-state index contributed by atoms with van der Waals surface area (Å²) in [5.74, 6) is 0.637. The maximum absolute atomic E-state index is 5.00. The lowest BCUT2D eigenvalue weighted by Gasteiger charge is -2.09. The molecule has 31 heavy (non-hydrogen) atoms. The fourth-order valence-corrected chi connectivity index (χ4v) is 5.51. The van der Waals surface area contributed by atoms with Crippen molar-refractivity contribution >= 4 is 64.1 Å². The first-order valence-electron chi connectivity index (χ1n) is 10.1. The highest BCUT2D eigenvalue weighted by atomic mass is 32.1. The maximum Gasteiger partial charge on any atom is 0.182 e. The molecule has 4 aromatic carbocycles. The molecule has 144 valence electrons. The van der Waals surface area contributed by atoms with E-state index in [4.69, 9.17) is 4.98 Å². The van der Waals surface area contributed by atoms with Gasteiger partial charge in [0.2, 0.25) is 0 Å². The van der Waals surface area contributed by atoms with Crippen molar-refractivity contribution in [2.45, 2.75) is 0 Å². The fourth-order valence-electron chi connectivity index (χ4n) is 4.42. The van der Waals surface area contributed by atoms with Gasteiger partial charge in [0.15, 0.2) is 5.82 Å². The Balaban J connectivity index is 1.54.